The van der Waals surface area contributed by atoms with Crippen LogP contribution in [0.5, 0.6) is 5.75 Å². The molecule has 0 unspecified atom stereocenters. The van der Waals surface area contributed by atoms with Crippen molar-refractivity contribution < 1.29 is 23.5 Å². The number of esters is 1. The van der Waals surface area contributed by atoms with Gasteiger partial charge in [-0.25, -0.2) is 0 Å². The SMILES string of the molecule is C=CCN1CC[C@@]2(c3cccc(OC(C)=O)c3)C[C@@H](NC(=O)C=Cc3ccoc3C)CC[C@]2(OC)C1. The van der Waals surface area contributed by atoms with Crippen molar-refractivity contribution in [1.29, 1.82) is 0 Å². The third kappa shape index (κ3) is 5.18. The Kier molecular flexibility index (Phi) is 7.81. The fourth-order valence-corrected chi connectivity index (χ4v) is 6.06. The zero-order chi connectivity index (χ0) is 25.8. The molecule has 36 heavy (non-hydrogen) atoms. The summed E-state index contributed by atoms with van der Waals surface area (Å²) in [6.07, 6.45) is 10.1. The van der Waals surface area contributed by atoms with Gasteiger partial charge in [-0.1, -0.05) is 18.2 Å². The van der Waals surface area contributed by atoms with Crippen LogP contribution in [-0.4, -0.2) is 55.2 Å². The molecule has 1 saturated heterocycles. The number of benzene rings is 1. The highest BCUT2D eigenvalue weighted by Crippen LogP contribution is 2.53. The van der Waals surface area contributed by atoms with Crippen LogP contribution in [0.3, 0.4) is 0 Å². The maximum absolute atomic E-state index is 12.8. The van der Waals surface area contributed by atoms with Gasteiger partial charge in [-0.15, -0.1) is 6.58 Å². The number of nitrogens with zero attached hydrogens (tertiary/aromatic N) is 1. The van der Waals surface area contributed by atoms with E-state index in [0.29, 0.717) is 5.75 Å². The average Bonchev–Trinajstić information content (AvgIpc) is 3.27. The van der Waals surface area contributed by atoms with Crippen LogP contribution in [0.25, 0.3) is 6.08 Å². The molecule has 2 aliphatic rings. The molecular weight excluding hydrogens is 456 g/mol. The number of furan rings is 1. The van der Waals surface area contributed by atoms with Crippen molar-refractivity contribution in [1.82, 2.24) is 10.2 Å². The first kappa shape index (κ1) is 25.9. The Hall–Kier alpha value is -3.16. The Morgan fingerprint density at radius 2 is 2.14 bits per heavy atom. The number of likely N-dealkylation sites (tertiary alicyclic amines) is 1. The molecule has 7 heteroatoms. The first-order valence-electron chi connectivity index (χ1n) is 12.5. The van der Waals surface area contributed by atoms with Crippen LogP contribution in [-0.2, 0) is 19.7 Å². The van der Waals surface area contributed by atoms with Crippen molar-refractivity contribution >= 4 is 18.0 Å². The Bertz CT molecular complexity index is 1140. The molecule has 1 N–H and O–H groups in total. The maximum Gasteiger partial charge on any atom is 0.308 e. The summed E-state index contributed by atoms with van der Waals surface area (Å²) in [5, 5.41) is 3.23. The Morgan fingerprint density at radius 1 is 1.31 bits per heavy atom. The van der Waals surface area contributed by atoms with E-state index in [1.54, 1.807) is 31.6 Å². The first-order chi connectivity index (χ1) is 17.3. The fourth-order valence-electron chi connectivity index (χ4n) is 6.06. The van der Waals surface area contributed by atoms with E-state index in [4.69, 9.17) is 13.9 Å². The molecule has 192 valence electrons. The predicted octanol–water partition coefficient (Wildman–Crippen LogP) is 4.41. The largest absolute Gasteiger partial charge is 0.469 e. The number of hydrogen-bond donors (Lipinski definition) is 1. The lowest BCUT2D eigenvalue weighted by Gasteiger charge is -2.59. The highest BCUT2D eigenvalue weighted by Gasteiger charge is 2.58. The molecule has 1 aliphatic carbocycles. The number of carbonyl (C=O) groups is 2. The van der Waals surface area contributed by atoms with Gasteiger partial charge in [0.05, 0.1) is 11.9 Å². The van der Waals surface area contributed by atoms with Crippen LogP contribution in [0.4, 0.5) is 0 Å². The monoisotopic (exact) mass is 492 g/mol. The second kappa shape index (κ2) is 10.8. The Balaban J connectivity index is 1.63. The molecule has 0 spiro atoms. The summed E-state index contributed by atoms with van der Waals surface area (Å²) in [6.45, 7) is 9.65. The van der Waals surface area contributed by atoms with E-state index in [1.165, 1.54) is 6.92 Å². The number of ether oxygens (including phenoxy) is 2. The van der Waals surface area contributed by atoms with Gasteiger partial charge in [0.15, 0.2) is 0 Å². The van der Waals surface area contributed by atoms with Crippen molar-refractivity contribution in [2.24, 2.45) is 0 Å². The summed E-state index contributed by atoms with van der Waals surface area (Å²) in [5.74, 6) is 0.826. The van der Waals surface area contributed by atoms with Gasteiger partial charge in [-0.2, -0.15) is 0 Å². The minimum Gasteiger partial charge on any atom is -0.469 e. The molecule has 1 aromatic heterocycles. The van der Waals surface area contributed by atoms with Gasteiger partial charge in [0.25, 0.3) is 0 Å². The molecular formula is C29H36N2O5. The fraction of sp³-hybridized carbons (Fsp3) is 0.448. The van der Waals surface area contributed by atoms with Crippen LogP contribution in [0, 0.1) is 6.92 Å². The van der Waals surface area contributed by atoms with Gasteiger partial charge in [0.1, 0.15) is 11.5 Å². The van der Waals surface area contributed by atoms with Gasteiger partial charge < -0.3 is 19.2 Å². The molecule has 1 aliphatic heterocycles. The van der Waals surface area contributed by atoms with Crippen LogP contribution in [0.2, 0.25) is 0 Å². The summed E-state index contributed by atoms with van der Waals surface area (Å²) in [5.41, 5.74) is 1.18. The molecule has 1 aromatic carbocycles. The van der Waals surface area contributed by atoms with Gasteiger partial charge in [-0.05, 0) is 69.0 Å². The highest BCUT2D eigenvalue weighted by molar-refractivity contribution is 5.92. The van der Waals surface area contributed by atoms with Crippen molar-refractivity contribution in [2.75, 3.05) is 26.7 Å². The summed E-state index contributed by atoms with van der Waals surface area (Å²) >= 11 is 0. The van der Waals surface area contributed by atoms with Crippen LogP contribution >= 0.6 is 0 Å². The van der Waals surface area contributed by atoms with E-state index < -0.39 is 5.60 Å². The molecule has 4 rings (SSSR count). The summed E-state index contributed by atoms with van der Waals surface area (Å²) < 4.78 is 17.1. The minimum absolute atomic E-state index is 0.0146. The number of methoxy groups -OCH3 is 1. The predicted molar refractivity (Wildman–Crippen MR) is 139 cm³/mol. The van der Waals surface area contributed by atoms with Crippen LogP contribution in [0.15, 0.2) is 59.7 Å². The zero-order valence-electron chi connectivity index (χ0n) is 21.4. The number of aryl methyl sites for hydroxylation is 1. The van der Waals surface area contributed by atoms with Crippen molar-refractivity contribution in [3.05, 3.63) is 72.2 Å². The number of carbonyl (C=O) groups excluding carboxylic acids is 2. The standard InChI is InChI=1S/C29H36N2O5/c1-5-15-31-16-14-28(24-7-6-8-26(18-24)36-22(3)32)19-25(11-13-29(28,20-31)34-4)30-27(33)10-9-23-12-17-35-21(23)2/h5-10,12,17-18,25H,1,11,13-16,19-20H2,2-4H3,(H,30,33)/t25-,28-,29-/m0/s1. The summed E-state index contributed by atoms with van der Waals surface area (Å²) in [6, 6.07) is 9.61. The number of amides is 1. The lowest BCUT2D eigenvalue weighted by molar-refractivity contribution is -0.149. The third-order valence-electron chi connectivity index (χ3n) is 7.78. The average molecular weight is 493 g/mol. The number of fused-ring (bicyclic) bond motifs is 1. The van der Waals surface area contributed by atoms with Gasteiger partial charge in [0.2, 0.25) is 5.91 Å². The van der Waals surface area contributed by atoms with Gasteiger partial charge in [0, 0.05) is 50.2 Å². The molecule has 2 fully saturated rings. The van der Waals surface area contributed by atoms with Crippen molar-refractivity contribution in [3.63, 3.8) is 0 Å². The molecule has 0 bridgehead atoms. The number of nitrogens with one attached hydrogen (secondary N) is 1. The topological polar surface area (TPSA) is 81.0 Å². The first-order valence-corrected chi connectivity index (χ1v) is 12.5. The third-order valence-corrected chi connectivity index (χ3v) is 7.78. The molecule has 2 aromatic rings. The smallest absolute Gasteiger partial charge is 0.308 e. The zero-order valence-corrected chi connectivity index (χ0v) is 21.4. The normalized spacial score (nSPS) is 26.4. The molecule has 0 radical (unpaired) electrons. The number of rotatable bonds is 8. The van der Waals surface area contributed by atoms with Gasteiger partial charge >= 0.3 is 5.97 Å². The summed E-state index contributed by atoms with van der Waals surface area (Å²) in [7, 11) is 1.79. The summed E-state index contributed by atoms with van der Waals surface area (Å²) in [4.78, 5) is 26.9. The van der Waals surface area contributed by atoms with E-state index in [2.05, 4.69) is 22.9 Å². The van der Waals surface area contributed by atoms with E-state index in [0.717, 1.165) is 62.2 Å². The van der Waals surface area contributed by atoms with Crippen LogP contribution < -0.4 is 10.1 Å². The quantitative estimate of drug-likeness (QED) is 0.254. The van der Waals surface area contributed by atoms with E-state index in [-0.39, 0.29) is 23.3 Å². The lowest BCUT2D eigenvalue weighted by Crippen LogP contribution is -2.67. The molecule has 1 saturated carbocycles. The Morgan fingerprint density at radius 3 is 2.83 bits per heavy atom. The molecule has 1 amide bonds. The van der Waals surface area contributed by atoms with Gasteiger partial charge in [-0.3, -0.25) is 14.5 Å². The van der Waals surface area contributed by atoms with Crippen molar-refractivity contribution in [2.45, 2.75) is 56.6 Å². The number of hydrogen-bond acceptors (Lipinski definition) is 6. The van der Waals surface area contributed by atoms with E-state index in [1.807, 2.05) is 31.2 Å². The second-order valence-electron chi connectivity index (χ2n) is 9.89. The molecule has 7 nitrogen and oxygen atoms in total. The lowest BCUT2D eigenvalue weighted by atomic mass is 9.55. The minimum atomic E-state index is -0.436. The Labute approximate surface area is 213 Å². The highest BCUT2D eigenvalue weighted by atomic mass is 16.5. The van der Waals surface area contributed by atoms with E-state index >= 15 is 0 Å². The molecule has 2 heterocycles. The maximum atomic E-state index is 12.8. The molecule has 3 atom stereocenters. The van der Waals surface area contributed by atoms with Crippen molar-refractivity contribution in [3.8, 4) is 5.75 Å². The number of piperidine rings is 1. The van der Waals surface area contributed by atoms with Crippen LogP contribution in [0.1, 0.15) is 49.5 Å². The second-order valence-corrected chi connectivity index (χ2v) is 9.89. The van der Waals surface area contributed by atoms with E-state index in [9.17, 15) is 9.59 Å².